The molecule has 0 heterocycles. The zero-order valence-corrected chi connectivity index (χ0v) is 3.97. The summed E-state index contributed by atoms with van der Waals surface area (Å²) in [5.41, 5.74) is 0. The average Bonchev–Trinajstić information content (AvgIpc) is 1.37. The van der Waals surface area contributed by atoms with E-state index in [9.17, 15) is 0 Å². The predicted octanol–water partition coefficient (Wildman–Crippen LogP) is 0.897. The zero-order valence-electron chi connectivity index (χ0n) is 2.46. The number of hydrogen-bond donors (Lipinski definition) is 0. The molecule has 0 aliphatic carbocycles. The smallest absolute Gasteiger partial charge is 0.0568 e. The number of hydrogen-bond acceptors (Lipinski definition) is 0. The van der Waals surface area contributed by atoms with Gasteiger partial charge in [-0.3, -0.25) is 0 Å². The van der Waals surface area contributed by atoms with Crippen LogP contribution in [0.1, 0.15) is 0 Å². The van der Waals surface area contributed by atoms with Crippen LogP contribution in [0.2, 0.25) is 0 Å². The molecule has 0 atom stereocenters. The minimum atomic E-state index is 0.653. The lowest BCUT2D eigenvalue weighted by atomic mass is 11.9. The highest BCUT2D eigenvalue weighted by molar-refractivity contribution is 6.16. The Kier molecular flexibility index (Phi) is 4.10. The fourth-order valence-electron chi connectivity index (χ4n) is 0. The fraction of sp³-hybridized carbons (Fsp3) is 1.00. The van der Waals surface area contributed by atoms with Gasteiger partial charge in [0.2, 0.25) is 5.34 Å². The van der Waals surface area contributed by atoms with E-state index >= 15 is 0 Å². The minimum absolute atomic E-state index is 0.653. The second-order valence-electron chi connectivity index (χ2n) is 0.368. The van der Waals surface area contributed by atoms with Crippen molar-refractivity contribution in [3.8, 4) is 0 Å². The monoisotopic (exact) mass is 99.0 g/mol. The lowest BCUT2D eigenvalue weighted by molar-refractivity contribution is -0.609. The molecule has 0 aromatic heterocycles. The Morgan fingerprint density at radius 2 is 2.25 bits per heavy atom. The van der Waals surface area contributed by atoms with Crippen molar-refractivity contribution in [3.63, 3.8) is 0 Å². The molecule has 0 fully saturated rings. The largest absolute Gasteiger partial charge is 0.244 e. The van der Waals surface area contributed by atoms with Crippen LogP contribution in [-0.4, -0.2) is 11.7 Å². The van der Waals surface area contributed by atoms with E-state index in [-0.39, 0.29) is 0 Å². The molecule has 0 aliphatic heterocycles. The van der Waals surface area contributed by atoms with Crippen LogP contribution in [0.25, 0.3) is 0 Å². The number of rotatable bonds is 1. The van der Waals surface area contributed by atoms with Gasteiger partial charge in [-0.1, -0.05) is 11.6 Å². The molecule has 26 valence electrons. The van der Waals surface area contributed by atoms with E-state index in [1.807, 2.05) is 17.2 Å². The molecular formula is C2H5Cl2+. The first-order chi connectivity index (χ1) is 1.91. The SMILES string of the molecule is C[Cl+]CCl. The van der Waals surface area contributed by atoms with Crippen molar-refractivity contribution in [2.24, 2.45) is 0 Å². The Morgan fingerprint density at radius 1 is 2.00 bits per heavy atom. The quantitative estimate of drug-likeness (QED) is 0.429. The first-order valence-electron chi connectivity index (χ1n) is 0.912. The van der Waals surface area contributed by atoms with Gasteiger partial charge in [-0.05, 0) is 0 Å². The summed E-state index contributed by atoms with van der Waals surface area (Å²) in [4.78, 5) is 0. The van der Waals surface area contributed by atoms with Crippen LogP contribution in [0.3, 0.4) is 0 Å². The molecule has 0 aromatic rings. The van der Waals surface area contributed by atoms with Crippen LogP contribution < -0.4 is 0 Å². The van der Waals surface area contributed by atoms with Gasteiger partial charge in [0.05, 0.1) is 0 Å². The maximum atomic E-state index is 5.12. The van der Waals surface area contributed by atoms with Gasteiger partial charge in [-0.25, -0.2) is 0 Å². The van der Waals surface area contributed by atoms with Gasteiger partial charge >= 0.3 is 0 Å². The van der Waals surface area contributed by atoms with E-state index in [0.29, 0.717) is 5.34 Å². The van der Waals surface area contributed by atoms with Crippen LogP contribution in [0.4, 0.5) is 0 Å². The van der Waals surface area contributed by atoms with Crippen molar-refractivity contribution in [2.45, 2.75) is 0 Å². The first kappa shape index (κ1) is 4.58. The summed E-state index contributed by atoms with van der Waals surface area (Å²) in [6.45, 7) is 0. The summed E-state index contributed by atoms with van der Waals surface area (Å²) in [6.07, 6.45) is 1.91. The van der Waals surface area contributed by atoms with Gasteiger partial charge in [-0.2, -0.15) is 0 Å². The van der Waals surface area contributed by atoms with E-state index in [2.05, 4.69) is 0 Å². The van der Waals surface area contributed by atoms with E-state index < -0.39 is 0 Å². The molecule has 0 unspecified atom stereocenters. The summed E-state index contributed by atoms with van der Waals surface area (Å²) < 4.78 is 0. The Bertz CT molecular complexity index is 6.00. The van der Waals surface area contributed by atoms with Crippen molar-refractivity contribution >= 4 is 11.6 Å². The van der Waals surface area contributed by atoms with E-state index in [4.69, 9.17) is 11.6 Å². The van der Waals surface area contributed by atoms with Crippen molar-refractivity contribution in [1.82, 2.24) is 0 Å². The molecule has 0 radical (unpaired) electrons. The second-order valence-corrected chi connectivity index (χ2v) is 1.71. The normalized spacial score (nSPS) is 7.50. The topological polar surface area (TPSA) is 0 Å². The molecule has 0 rings (SSSR count). The van der Waals surface area contributed by atoms with Crippen LogP contribution in [0.5, 0.6) is 0 Å². The van der Waals surface area contributed by atoms with Crippen LogP contribution in [0, 0.1) is 10.8 Å². The summed E-state index contributed by atoms with van der Waals surface area (Å²) in [5, 5.41) is 0.653. The molecule has 0 bridgehead atoms. The number of alkyl halides is 3. The average molecular weight is 100.0 g/mol. The zero-order chi connectivity index (χ0) is 3.41. The number of halogens is 2. The molecule has 4 heavy (non-hydrogen) atoms. The van der Waals surface area contributed by atoms with Crippen LogP contribution in [-0.2, 0) is 0 Å². The molecule has 0 N–H and O–H groups in total. The molecule has 0 saturated carbocycles. The van der Waals surface area contributed by atoms with Crippen LogP contribution in [0.15, 0.2) is 0 Å². The molecule has 0 amide bonds. The molecule has 2 heteroatoms. The van der Waals surface area contributed by atoms with Gasteiger partial charge in [0.25, 0.3) is 0 Å². The highest BCUT2D eigenvalue weighted by Crippen LogP contribution is 1.68. The third kappa shape index (κ3) is 2.58. The molecule has 0 saturated heterocycles. The Labute approximate surface area is 34.9 Å². The Morgan fingerprint density at radius 3 is 2.25 bits per heavy atom. The highest BCUT2D eigenvalue weighted by atomic mass is 35.6. The van der Waals surface area contributed by atoms with Gasteiger partial charge < -0.3 is 0 Å². The summed E-state index contributed by atoms with van der Waals surface area (Å²) in [5.74, 6) is 0. The lowest BCUT2D eigenvalue weighted by Crippen LogP contribution is -1.66. The van der Waals surface area contributed by atoms with Gasteiger partial charge in [0.1, 0.15) is 10.8 Å². The maximum Gasteiger partial charge on any atom is 0.244 e. The Balaban J connectivity index is 1.97. The molecule has 0 spiro atoms. The van der Waals surface area contributed by atoms with Gasteiger partial charge in [0.15, 0.2) is 6.38 Å². The molecule has 0 aliphatic rings. The lowest BCUT2D eigenvalue weighted by Gasteiger charge is -1.47. The standard InChI is InChI=1S/C2H5Cl2/c1-4-2-3/h2H2,1H3/q+1. The van der Waals surface area contributed by atoms with Crippen molar-refractivity contribution in [2.75, 3.05) is 11.7 Å². The molecule has 0 aromatic carbocycles. The minimum Gasteiger partial charge on any atom is -0.0568 e. The molecular weight excluding hydrogens is 94.9 g/mol. The van der Waals surface area contributed by atoms with Crippen molar-refractivity contribution in [1.29, 1.82) is 0 Å². The third-order valence-corrected chi connectivity index (χ3v) is 0.909. The maximum absolute atomic E-state index is 5.12. The summed E-state index contributed by atoms with van der Waals surface area (Å²) in [7, 11) is 1.98. The van der Waals surface area contributed by atoms with Crippen LogP contribution >= 0.6 is 11.6 Å². The second kappa shape index (κ2) is 3.58. The van der Waals surface area contributed by atoms with Gasteiger partial charge in [0, 0.05) is 0 Å². The third-order valence-electron chi connectivity index (χ3n) is 0.101. The highest BCUT2D eigenvalue weighted by Gasteiger charge is 1.78. The van der Waals surface area contributed by atoms with Gasteiger partial charge in [-0.15, -0.1) is 0 Å². The van der Waals surface area contributed by atoms with Crippen molar-refractivity contribution in [3.05, 3.63) is 0 Å². The van der Waals surface area contributed by atoms with E-state index in [1.54, 1.807) is 0 Å². The summed E-state index contributed by atoms with van der Waals surface area (Å²) >= 11 is 5.12. The fourth-order valence-corrected chi connectivity index (χ4v) is 0. The first-order valence-corrected chi connectivity index (χ1v) is 2.74. The summed E-state index contributed by atoms with van der Waals surface area (Å²) in [6, 6.07) is 0. The van der Waals surface area contributed by atoms with E-state index in [1.165, 1.54) is 0 Å². The molecule has 0 nitrogen and oxygen atoms in total. The van der Waals surface area contributed by atoms with Crippen molar-refractivity contribution < 1.29 is 10.8 Å². The Hall–Kier alpha value is 0.580. The predicted molar refractivity (Wildman–Crippen MR) is 16.6 cm³/mol. The van der Waals surface area contributed by atoms with E-state index in [0.717, 1.165) is 0 Å².